The van der Waals surface area contributed by atoms with Gasteiger partial charge in [-0.05, 0) is 41.3 Å². The summed E-state index contributed by atoms with van der Waals surface area (Å²) in [4.78, 5) is 25.1. The summed E-state index contributed by atoms with van der Waals surface area (Å²) >= 11 is 0. The second-order valence-corrected chi connectivity index (χ2v) is 7.24. The predicted molar refractivity (Wildman–Crippen MR) is 105 cm³/mol. The zero-order valence-corrected chi connectivity index (χ0v) is 16.0. The van der Waals surface area contributed by atoms with E-state index < -0.39 is 0 Å². The molecule has 1 N–H and O–H groups in total. The number of amides is 2. The Bertz CT molecular complexity index is 777. The molecule has 0 atom stereocenters. The van der Waals surface area contributed by atoms with E-state index >= 15 is 0 Å². The highest BCUT2D eigenvalue weighted by Crippen LogP contribution is 2.24. The highest BCUT2D eigenvalue weighted by atomic mass is 16.5. The molecular weight excluding hydrogens is 328 g/mol. The molecule has 0 aromatic heterocycles. The number of nitrogens with one attached hydrogen (secondary N) is 1. The van der Waals surface area contributed by atoms with Gasteiger partial charge >= 0.3 is 0 Å². The molecule has 26 heavy (non-hydrogen) atoms. The van der Waals surface area contributed by atoms with Crippen LogP contribution in [0.4, 0.5) is 11.4 Å². The van der Waals surface area contributed by atoms with Crippen molar-refractivity contribution in [1.82, 2.24) is 0 Å². The van der Waals surface area contributed by atoms with Crippen molar-refractivity contribution in [2.24, 2.45) is 0 Å². The highest BCUT2D eigenvalue weighted by Gasteiger charge is 2.13. The average molecular weight is 354 g/mol. The lowest BCUT2D eigenvalue weighted by molar-refractivity contribution is -0.118. The summed E-state index contributed by atoms with van der Waals surface area (Å²) in [5, 5.41) is 2.78. The lowest BCUT2D eigenvalue weighted by atomic mass is 9.87. The first-order chi connectivity index (χ1) is 12.2. The molecule has 2 aromatic rings. The van der Waals surface area contributed by atoms with Gasteiger partial charge in [-0.2, -0.15) is 0 Å². The number of ether oxygens (including phenoxy) is 1. The zero-order chi connectivity index (χ0) is 19.3. The largest absolute Gasteiger partial charge is 0.484 e. The lowest BCUT2D eigenvalue weighted by Gasteiger charge is -2.19. The van der Waals surface area contributed by atoms with Gasteiger partial charge in [0.25, 0.3) is 5.91 Å². The van der Waals surface area contributed by atoms with Crippen LogP contribution in [0.3, 0.4) is 0 Å². The molecule has 0 saturated carbocycles. The Morgan fingerprint density at radius 3 is 2.31 bits per heavy atom. The maximum Gasteiger partial charge on any atom is 0.262 e. The van der Waals surface area contributed by atoms with E-state index in [1.807, 2.05) is 30.3 Å². The minimum atomic E-state index is -0.257. The van der Waals surface area contributed by atoms with Crippen LogP contribution in [0.5, 0.6) is 5.75 Å². The molecule has 5 heteroatoms. The average Bonchev–Trinajstić information content (AvgIpc) is 2.59. The van der Waals surface area contributed by atoms with Crippen LogP contribution in [0.1, 0.15) is 33.3 Å². The summed E-state index contributed by atoms with van der Waals surface area (Å²) in [6.07, 6.45) is 0. The van der Waals surface area contributed by atoms with E-state index in [9.17, 15) is 9.59 Å². The quantitative estimate of drug-likeness (QED) is 0.883. The van der Waals surface area contributed by atoms with E-state index in [1.165, 1.54) is 17.4 Å². The first kappa shape index (κ1) is 19.5. The van der Waals surface area contributed by atoms with Crippen LogP contribution in [-0.4, -0.2) is 25.5 Å². The SMILES string of the molecule is CC(=O)N(C)c1cccc(NC(=O)COc2ccc(C(C)(C)C)cc2)c1. The van der Waals surface area contributed by atoms with Gasteiger partial charge in [0.1, 0.15) is 5.75 Å². The van der Waals surface area contributed by atoms with E-state index in [4.69, 9.17) is 4.74 Å². The smallest absolute Gasteiger partial charge is 0.262 e. The Morgan fingerprint density at radius 2 is 1.73 bits per heavy atom. The number of hydrogen-bond donors (Lipinski definition) is 1. The van der Waals surface area contributed by atoms with Crippen molar-refractivity contribution in [2.45, 2.75) is 33.1 Å². The Balaban J connectivity index is 1.93. The monoisotopic (exact) mass is 354 g/mol. The van der Waals surface area contributed by atoms with Gasteiger partial charge in [-0.25, -0.2) is 0 Å². The zero-order valence-electron chi connectivity index (χ0n) is 16.0. The summed E-state index contributed by atoms with van der Waals surface area (Å²) in [7, 11) is 1.69. The maximum absolute atomic E-state index is 12.1. The second-order valence-electron chi connectivity index (χ2n) is 7.24. The van der Waals surface area contributed by atoms with Crippen molar-refractivity contribution in [3.63, 3.8) is 0 Å². The summed E-state index contributed by atoms with van der Waals surface area (Å²) in [6, 6.07) is 14.9. The molecule has 0 fully saturated rings. The third-order valence-electron chi connectivity index (χ3n) is 4.08. The minimum absolute atomic E-state index is 0.0736. The lowest BCUT2D eigenvalue weighted by Crippen LogP contribution is -2.23. The first-order valence-corrected chi connectivity index (χ1v) is 8.54. The number of anilines is 2. The minimum Gasteiger partial charge on any atom is -0.484 e. The van der Waals surface area contributed by atoms with Crippen molar-refractivity contribution in [3.05, 3.63) is 54.1 Å². The molecule has 0 radical (unpaired) electrons. The fourth-order valence-corrected chi connectivity index (χ4v) is 2.37. The van der Waals surface area contributed by atoms with Gasteiger partial charge in [0, 0.05) is 25.3 Å². The van der Waals surface area contributed by atoms with Crippen LogP contribution in [0.25, 0.3) is 0 Å². The van der Waals surface area contributed by atoms with E-state index in [0.29, 0.717) is 17.1 Å². The van der Waals surface area contributed by atoms with Crippen LogP contribution in [0.15, 0.2) is 48.5 Å². The van der Waals surface area contributed by atoms with Crippen molar-refractivity contribution in [1.29, 1.82) is 0 Å². The predicted octanol–water partition coefficient (Wildman–Crippen LogP) is 3.98. The van der Waals surface area contributed by atoms with Crippen LogP contribution in [0.2, 0.25) is 0 Å². The van der Waals surface area contributed by atoms with Gasteiger partial charge in [-0.15, -0.1) is 0 Å². The normalized spacial score (nSPS) is 11.0. The van der Waals surface area contributed by atoms with Crippen molar-refractivity contribution < 1.29 is 14.3 Å². The fraction of sp³-hybridized carbons (Fsp3) is 0.333. The fourth-order valence-electron chi connectivity index (χ4n) is 2.37. The van der Waals surface area contributed by atoms with Crippen LogP contribution in [-0.2, 0) is 15.0 Å². The van der Waals surface area contributed by atoms with E-state index in [-0.39, 0.29) is 23.8 Å². The maximum atomic E-state index is 12.1. The van der Waals surface area contributed by atoms with E-state index in [0.717, 1.165) is 0 Å². The van der Waals surface area contributed by atoms with Gasteiger partial charge in [-0.3, -0.25) is 9.59 Å². The van der Waals surface area contributed by atoms with Crippen LogP contribution >= 0.6 is 0 Å². The molecule has 2 amide bonds. The number of rotatable bonds is 5. The molecule has 138 valence electrons. The molecule has 0 saturated heterocycles. The molecule has 0 aliphatic rings. The topological polar surface area (TPSA) is 58.6 Å². The standard InChI is InChI=1S/C21H26N2O3/c1-15(24)23(5)18-8-6-7-17(13-18)22-20(25)14-26-19-11-9-16(10-12-19)21(2,3)4/h6-13H,14H2,1-5H3,(H,22,25). The van der Waals surface area contributed by atoms with E-state index in [1.54, 1.807) is 25.2 Å². The van der Waals surface area contributed by atoms with E-state index in [2.05, 4.69) is 26.1 Å². The Kier molecular flexibility index (Phi) is 6.03. The van der Waals surface area contributed by atoms with Gasteiger partial charge in [-0.1, -0.05) is 39.0 Å². The molecule has 2 rings (SSSR count). The third-order valence-corrected chi connectivity index (χ3v) is 4.08. The molecule has 0 heterocycles. The van der Waals surface area contributed by atoms with Gasteiger partial charge < -0.3 is 15.0 Å². The Morgan fingerprint density at radius 1 is 1.08 bits per heavy atom. The van der Waals surface area contributed by atoms with Crippen molar-refractivity contribution in [3.8, 4) is 5.75 Å². The Labute approximate surface area is 155 Å². The van der Waals surface area contributed by atoms with Crippen LogP contribution < -0.4 is 15.0 Å². The molecule has 0 aliphatic heterocycles. The van der Waals surface area contributed by atoms with Crippen LogP contribution in [0, 0.1) is 0 Å². The summed E-state index contributed by atoms with van der Waals surface area (Å²) in [5.41, 5.74) is 2.62. The number of carbonyl (C=O) groups is 2. The molecule has 0 aliphatic carbocycles. The summed E-state index contributed by atoms with van der Waals surface area (Å²) < 4.78 is 5.55. The third kappa shape index (κ3) is 5.34. The molecule has 5 nitrogen and oxygen atoms in total. The first-order valence-electron chi connectivity index (χ1n) is 8.54. The summed E-state index contributed by atoms with van der Waals surface area (Å²) in [6.45, 7) is 7.85. The van der Waals surface area contributed by atoms with Crippen molar-refractivity contribution in [2.75, 3.05) is 23.9 Å². The molecular formula is C21H26N2O3. The molecule has 0 spiro atoms. The number of carbonyl (C=O) groups excluding carboxylic acids is 2. The number of nitrogens with zero attached hydrogens (tertiary/aromatic N) is 1. The van der Waals surface area contributed by atoms with Gasteiger partial charge in [0.15, 0.2) is 6.61 Å². The van der Waals surface area contributed by atoms with Crippen molar-refractivity contribution >= 4 is 23.2 Å². The van der Waals surface area contributed by atoms with Gasteiger partial charge in [0.05, 0.1) is 0 Å². The second kappa shape index (κ2) is 8.04. The highest BCUT2D eigenvalue weighted by molar-refractivity contribution is 5.94. The molecule has 0 bridgehead atoms. The number of hydrogen-bond acceptors (Lipinski definition) is 3. The molecule has 2 aromatic carbocycles. The molecule has 0 unspecified atom stereocenters. The van der Waals surface area contributed by atoms with Gasteiger partial charge in [0.2, 0.25) is 5.91 Å². The Hall–Kier alpha value is -2.82. The summed E-state index contributed by atoms with van der Waals surface area (Å²) in [5.74, 6) is 0.321. The number of benzene rings is 2.